The maximum Gasteiger partial charge on any atom is 0.321 e. The molecule has 25 heavy (non-hydrogen) atoms. The molecule has 2 aromatic rings. The van der Waals surface area contributed by atoms with Crippen molar-refractivity contribution in [3.63, 3.8) is 0 Å². The first-order valence-electron chi connectivity index (χ1n) is 7.56. The van der Waals surface area contributed by atoms with E-state index in [2.05, 4.69) is 34.0 Å². The molecule has 0 bridgehead atoms. The number of urea groups is 1. The molecule has 0 spiro atoms. The third-order valence-electron chi connectivity index (χ3n) is 3.05. The molecule has 0 aliphatic heterocycles. The first-order chi connectivity index (χ1) is 12.2. The van der Waals surface area contributed by atoms with Crippen LogP contribution in [0, 0.1) is 0 Å². The molecule has 2 rings (SSSR count). The number of hydrogen-bond donors (Lipinski definition) is 2. The highest BCUT2D eigenvalue weighted by Gasteiger charge is 2.15. The largest absolute Gasteiger partial charge is 0.334 e. The van der Waals surface area contributed by atoms with E-state index in [4.69, 9.17) is 0 Å². The summed E-state index contributed by atoms with van der Waals surface area (Å²) in [5.74, 6) is 0.332. The Bertz CT molecular complexity index is 758. The summed E-state index contributed by atoms with van der Waals surface area (Å²) in [6.07, 6.45) is 3.27. The van der Waals surface area contributed by atoms with Gasteiger partial charge in [0.1, 0.15) is 0 Å². The summed E-state index contributed by atoms with van der Waals surface area (Å²) in [7, 11) is 0. The van der Waals surface area contributed by atoms with E-state index in [-0.39, 0.29) is 5.75 Å². The molecular formula is C17H19N5O2S. The van der Waals surface area contributed by atoms with Crippen LogP contribution in [0.25, 0.3) is 11.4 Å². The number of thioether (sulfide) groups is 1. The lowest BCUT2D eigenvalue weighted by Crippen LogP contribution is -2.40. The van der Waals surface area contributed by atoms with Gasteiger partial charge in [0, 0.05) is 18.7 Å². The molecule has 0 unspecified atom stereocenters. The van der Waals surface area contributed by atoms with Crippen LogP contribution in [0.3, 0.4) is 0 Å². The Morgan fingerprint density at radius 3 is 2.60 bits per heavy atom. The highest BCUT2D eigenvalue weighted by Crippen LogP contribution is 2.23. The van der Waals surface area contributed by atoms with E-state index in [9.17, 15) is 9.59 Å². The lowest BCUT2D eigenvalue weighted by molar-refractivity contribution is -0.117. The smallest absolute Gasteiger partial charge is 0.321 e. The number of rotatable bonds is 8. The Balaban J connectivity index is 2.03. The number of nitrogens with zero attached hydrogens (tertiary/aromatic N) is 3. The number of allylic oxidation sites excluding steroid dienone is 1. The number of hydrogen-bond acceptors (Lipinski definition) is 5. The van der Waals surface area contributed by atoms with Crippen LogP contribution in [0.15, 0.2) is 60.8 Å². The monoisotopic (exact) mass is 357 g/mol. The van der Waals surface area contributed by atoms with Gasteiger partial charge in [-0.05, 0) is 0 Å². The van der Waals surface area contributed by atoms with Crippen molar-refractivity contribution in [2.24, 2.45) is 0 Å². The molecule has 0 radical (unpaired) electrons. The number of imide groups is 1. The Hall–Kier alpha value is -2.87. The van der Waals surface area contributed by atoms with E-state index >= 15 is 0 Å². The Kier molecular flexibility index (Phi) is 6.97. The lowest BCUT2D eigenvalue weighted by Gasteiger charge is -2.08. The third kappa shape index (κ3) is 5.32. The minimum Gasteiger partial charge on any atom is -0.334 e. The number of benzene rings is 1. The van der Waals surface area contributed by atoms with E-state index in [0.29, 0.717) is 24.1 Å². The van der Waals surface area contributed by atoms with Crippen LogP contribution in [-0.2, 0) is 11.3 Å². The van der Waals surface area contributed by atoms with Crippen molar-refractivity contribution in [3.05, 3.63) is 55.6 Å². The second kappa shape index (κ2) is 9.43. The predicted molar refractivity (Wildman–Crippen MR) is 98.1 cm³/mol. The first kappa shape index (κ1) is 18.5. The fourth-order valence-electron chi connectivity index (χ4n) is 1.99. The number of aromatic nitrogens is 3. The summed E-state index contributed by atoms with van der Waals surface area (Å²) < 4.78 is 1.87. The first-order valence-corrected chi connectivity index (χ1v) is 8.55. The van der Waals surface area contributed by atoms with Crippen molar-refractivity contribution in [2.45, 2.75) is 11.7 Å². The zero-order valence-electron chi connectivity index (χ0n) is 13.6. The Morgan fingerprint density at radius 1 is 1.16 bits per heavy atom. The van der Waals surface area contributed by atoms with E-state index < -0.39 is 11.9 Å². The summed E-state index contributed by atoms with van der Waals surface area (Å²) in [4.78, 5) is 23.3. The van der Waals surface area contributed by atoms with Gasteiger partial charge in [0.25, 0.3) is 0 Å². The van der Waals surface area contributed by atoms with E-state index in [0.717, 1.165) is 5.56 Å². The average molecular weight is 357 g/mol. The fraction of sp³-hybridized carbons (Fsp3) is 0.176. The maximum atomic E-state index is 11.8. The molecule has 0 atom stereocenters. The van der Waals surface area contributed by atoms with E-state index in [1.165, 1.54) is 17.8 Å². The summed E-state index contributed by atoms with van der Waals surface area (Å²) >= 11 is 1.21. The number of nitrogens with one attached hydrogen (secondary N) is 2. The molecule has 3 amide bonds. The van der Waals surface area contributed by atoms with Crippen LogP contribution in [0.5, 0.6) is 0 Å². The SMILES string of the molecule is C=CCNC(=O)NC(=O)CSc1nnc(-c2ccccc2)n1CC=C. The van der Waals surface area contributed by atoms with Crippen molar-refractivity contribution < 1.29 is 9.59 Å². The molecule has 0 fully saturated rings. The van der Waals surface area contributed by atoms with Gasteiger partial charge in [-0.25, -0.2) is 4.79 Å². The van der Waals surface area contributed by atoms with Gasteiger partial charge in [0.05, 0.1) is 5.75 Å². The maximum absolute atomic E-state index is 11.8. The average Bonchev–Trinajstić information content (AvgIpc) is 3.02. The minimum atomic E-state index is -0.553. The molecule has 8 heteroatoms. The van der Waals surface area contributed by atoms with Crippen LogP contribution in [0.2, 0.25) is 0 Å². The van der Waals surface area contributed by atoms with Crippen molar-refractivity contribution in [1.82, 2.24) is 25.4 Å². The van der Waals surface area contributed by atoms with Crippen molar-refractivity contribution in [3.8, 4) is 11.4 Å². The van der Waals surface area contributed by atoms with Gasteiger partial charge in [0.2, 0.25) is 5.91 Å². The summed E-state index contributed by atoms with van der Waals surface area (Å²) in [6, 6.07) is 9.09. The zero-order chi connectivity index (χ0) is 18.1. The molecule has 130 valence electrons. The van der Waals surface area contributed by atoms with Crippen molar-refractivity contribution in [2.75, 3.05) is 12.3 Å². The molecule has 1 heterocycles. The Labute approximate surface area is 150 Å². The van der Waals surface area contributed by atoms with Crippen molar-refractivity contribution >= 4 is 23.7 Å². The molecular weight excluding hydrogens is 338 g/mol. The highest BCUT2D eigenvalue weighted by atomic mass is 32.2. The quantitative estimate of drug-likeness (QED) is 0.559. The van der Waals surface area contributed by atoms with Gasteiger partial charge in [-0.15, -0.1) is 23.4 Å². The topological polar surface area (TPSA) is 88.9 Å². The van der Waals surface area contributed by atoms with Gasteiger partial charge >= 0.3 is 6.03 Å². The van der Waals surface area contributed by atoms with Gasteiger partial charge in [-0.1, -0.05) is 54.2 Å². The van der Waals surface area contributed by atoms with Crippen LogP contribution in [0.4, 0.5) is 4.79 Å². The molecule has 0 saturated heterocycles. The van der Waals surface area contributed by atoms with Gasteiger partial charge < -0.3 is 5.32 Å². The number of amides is 3. The second-order valence-electron chi connectivity index (χ2n) is 4.91. The molecule has 0 aliphatic carbocycles. The van der Waals surface area contributed by atoms with E-state index in [1.54, 1.807) is 6.08 Å². The number of carbonyl (C=O) groups is 2. The predicted octanol–water partition coefficient (Wildman–Crippen LogP) is 2.23. The lowest BCUT2D eigenvalue weighted by atomic mass is 10.2. The fourth-order valence-corrected chi connectivity index (χ4v) is 2.74. The molecule has 1 aromatic carbocycles. The standard InChI is InChI=1S/C17H19N5O2S/c1-3-10-18-16(24)19-14(23)12-25-17-21-20-15(22(17)11-4-2)13-8-6-5-7-9-13/h3-9H,1-2,10-12H2,(H2,18,19,23,24). The molecule has 2 N–H and O–H groups in total. The van der Waals surface area contributed by atoms with Gasteiger partial charge in [-0.2, -0.15) is 0 Å². The molecule has 0 aliphatic rings. The van der Waals surface area contributed by atoms with Gasteiger partial charge in [-0.3, -0.25) is 14.7 Å². The van der Waals surface area contributed by atoms with Crippen LogP contribution < -0.4 is 10.6 Å². The van der Waals surface area contributed by atoms with Crippen LogP contribution in [0.1, 0.15) is 0 Å². The molecule has 0 saturated carbocycles. The second-order valence-corrected chi connectivity index (χ2v) is 5.85. The Morgan fingerprint density at radius 2 is 1.92 bits per heavy atom. The third-order valence-corrected chi connectivity index (χ3v) is 4.02. The minimum absolute atomic E-state index is 0.0472. The number of carbonyl (C=O) groups excluding carboxylic acids is 2. The van der Waals surface area contributed by atoms with Crippen LogP contribution >= 0.6 is 11.8 Å². The van der Waals surface area contributed by atoms with Crippen molar-refractivity contribution in [1.29, 1.82) is 0 Å². The highest BCUT2D eigenvalue weighted by molar-refractivity contribution is 7.99. The van der Waals surface area contributed by atoms with E-state index in [1.807, 2.05) is 34.9 Å². The normalized spacial score (nSPS) is 10.1. The van der Waals surface area contributed by atoms with Gasteiger partial charge in [0.15, 0.2) is 11.0 Å². The summed E-state index contributed by atoms with van der Waals surface area (Å²) in [5, 5.41) is 13.7. The van der Waals surface area contributed by atoms with Crippen LogP contribution in [-0.4, -0.2) is 39.0 Å². The summed E-state index contributed by atoms with van der Waals surface area (Å²) in [6.45, 7) is 8.04. The molecule has 7 nitrogen and oxygen atoms in total. The molecule has 1 aromatic heterocycles. The zero-order valence-corrected chi connectivity index (χ0v) is 14.5. The summed E-state index contributed by atoms with van der Waals surface area (Å²) in [5.41, 5.74) is 0.928.